The second-order valence-electron chi connectivity index (χ2n) is 2.47. The number of hydrogen-bond acceptors (Lipinski definition) is 4. The Morgan fingerprint density at radius 2 is 1.50 bits per heavy atom. The van der Waals surface area contributed by atoms with Crippen LogP contribution in [-0.4, -0.2) is 45.6 Å². The molecule has 0 aromatic rings. The lowest BCUT2D eigenvalue weighted by Crippen LogP contribution is -2.40. The molecule has 0 aliphatic rings. The number of aliphatic carboxylic acids is 2. The molecule has 4 N–H and O–H groups in total. The van der Waals surface area contributed by atoms with Gasteiger partial charge in [-0.25, -0.2) is 0 Å². The molecular weight excluding hydrogens is 168 g/mol. The molecule has 0 heterocycles. The van der Waals surface area contributed by atoms with E-state index < -0.39 is 37.0 Å². The molecule has 0 aliphatic heterocycles. The molecule has 0 radical (unpaired) electrons. The molecule has 0 saturated carbocycles. The summed E-state index contributed by atoms with van der Waals surface area (Å²) in [5.41, 5.74) is -1.97. The smallest absolute Gasteiger partial charge is 0.314 e. The van der Waals surface area contributed by atoms with Crippen LogP contribution in [0.4, 0.5) is 0 Å². The van der Waals surface area contributed by atoms with Gasteiger partial charge in [0.15, 0.2) is 0 Å². The highest BCUT2D eigenvalue weighted by atomic mass is 16.4. The highest BCUT2D eigenvalue weighted by molar-refractivity contribution is 5.81. The number of aliphatic hydroxyl groups excluding tert-OH is 2. The predicted octanol–water partition coefficient (Wildman–Crippen LogP) is -1.48. The Bertz CT molecular complexity index is 182. The fourth-order valence-electron chi connectivity index (χ4n) is 0.662. The summed E-state index contributed by atoms with van der Waals surface area (Å²) in [5.74, 6) is -2.89. The van der Waals surface area contributed by atoms with Gasteiger partial charge < -0.3 is 20.4 Å². The fourth-order valence-corrected chi connectivity index (χ4v) is 0.662. The molecule has 0 aromatic carbocycles. The molecule has 0 fully saturated rings. The predicted molar refractivity (Wildman–Crippen MR) is 36.5 cm³/mol. The molecule has 0 saturated heterocycles. The summed E-state index contributed by atoms with van der Waals surface area (Å²) in [6.45, 7) is -1.80. The first kappa shape index (κ1) is 10.9. The van der Waals surface area contributed by atoms with Gasteiger partial charge in [-0.2, -0.15) is 0 Å². The average Bonchev–Trinajstić information content (AvgIpc) is 1.99. The molecule has 0 rings (SSSR count). The third-order valence-electron chi connectivity index (χ3n) is 1.55. The van der Waals surface area contributed by atoms with Crippen LogP contribution in [0.2, 0.25) is 0 Å². The van der Waals surface area contributed by atoms with Crippen molar-refractivity contribution in [2.75, 3.05) is 13.2 Å². The Balaban J connectivity index is 4.58. The van der Waals surface area contributed by atoms with E-state index in [-0.39, 0.29) is 0 Å². The molecule has 0 aromatic heterocycles. The summed E-state index contributed by atoms with van der Waals surface area (Å²) in [6.07, 6.45) is -0.796. The Kier molecular flexibility index (Phi) is 3.65. The zero-order valence-electron chi connectivity index (χ0n) is 6.23. The second kappa shape index (κ2) is 4.03. The van der Waals surface area contributed by atoms with Crippen molar-refractivity contribution in [1.29, 1.82) is 0 Å². The third-order valence-corrected chi connectivity index (χ3v) is 1.55. The van der Waals surface area contributed by atoms with Crippen LogP contribution in [0, 0.1) is 5.41 Å². The average molecular weight is 178 g/mol. The van der Waals surface area contributed by atoms with Gasteiger partial charge >= 0.3 is 11.9 Å². The van der Waals surface area contributed by atoms with Crippen molar-refractivity contribution < 1.29 is 30.0 Å². The summed E-state index contributed by atoms with van der Waals surface area (Å²) in [5, 5.41) is 33.9. The Morgan fingerprint density at radius 3 is 1.58 bits per heavy atom. The first-order chi connectivity index (χ1) is 5.48. The molecule has 6 heteroatoms. The van der Waals surface area contributed by atoms with E-state index >= 15 is 0 Å². The zero-order valence-corrected chi connectivity index (χ0v) is 6.23. The highest BCUT2D eigenvalue weighted by Gasteiger charge is 2.39. The maximum absolute atomic E-state index is 10.4. The van der Waals surface area contributed by atoms with Crippen molar-refractivity contribution in [2.24, 2.45) is 5.41 Å². The normalized spacial score (nSPS) is 11.2. The van der Waals surface area contributed by atoms with Crippen molar-refractivity contribution in [1.82, 2.24) is 0 Å². The molecule has 70 valence electrons. The number of aliphatic hydroxyl groups is 2. The SMILES string of the molecule is O=C(O)CC(CO)(CO)C(=O)O. The maximum Gasteiger partial charge on any atom is 0.314 e. The van der Waals surface area contributed by atoms with Gasteiger partial charge in [0.25, 0.3) is 0 Å². The minimum Gasteiger partial charge on any atom is -0.481 e. The van der Waals surface area contributed by atoms with E-state index in [9.17, 15) is 9.59 Å². The van der Waals surface area contributed by atoms with Gasteiger partial charge in [-0.1, -0.05) is 0 Å². The quantitative estimate of drug-likeness (QED) is 0.408. The van der Waals surface area contributed by atoms with Gasteiger partial charge in [0.2, 0.25) is 0 Å². The number of carboxylic acid groups (broad SMARTS) is 2. The van der Waals surface area contributed by atoms with Crippen LogP contribution in [0.25, 0.3) is 0 Å². The zero-order chi connectivity index (χ0) is 9.78. The molecule has 0 bridgehead atoms. The van der Waals surface area contributed by atoms with E-state index in [1.165, 1.54) is 0 Å². The Labute approximate surface area is 68.1 Å². The lowest BCUT2D eigenvalue weighted by Gasteiger charge is -2.21. The minimum absolute atomic E-state index is 0.796. The van der Waals surface area contributed by atoms with Crippen LogP contribution in [0.3, 0.4) is 0 Å². The Hall–Kier alpha value is -1.14. The molecule has 0 unspecified atom stereocenters. The van der Waals surface area contributed by atoms with Crippen molar-refractivity contribution in [3.8, 4) is 0 Å². The van der Waals surface area contributed by atoms with E-state index in [4.69, 9.17) is 20.4 Å². The van der Waals surface area contributed by atoms with Crippen molar-refractivity contribution >= 4 is 11.9 Å². The summed E-state index contributed by atoms with van der Waals surface area (Å²) in [7, 11) is 0. The summed E-state index contributed by atoms with van der Waals surface area (Å²) < 4.78 is 0. The second-order valence-corrected chi connectivity index (χ2v) is 2.47. The molecular formula is C6H10O6. The van der Waals surface area contributed by atoms with Crippen molar-refractivity contribution in [3.63, 3.8) is 0 Å². The lowest BCUT2D eigenvalue weighted by molar-refractivity contribution is -0.161. The van der Waals surface area contributed by atoms with Crippen molar-refractivity contribution in [2.45, 2.75) is 6.42 Å². The highest BCUT2D eigenvalue weighted by Crippen LogP contribution is 2.20. The largest absolute Gasteiger partial charge is 0.481 e. The van der Waals surface area contributed by atoms with Crippen LogP contribution >= 0.6 is 0 Å². The van der Waals surface area contributed by atoms with Gasteiger partial charge in [-0.3, -0.25) is 9.59 Å². The van der Waals surface area contributed by atoms with Gasteiger partial charge in [0.05, 0.1) is 19.6 Å². The summed E-state index contributed by atoms with van der Waals surface area (Å²) in [6, 6.07) is 0. The van der Waals surface area contributed by atoms with Crippen LogP contribution in [0.15, 0.2) is 0 Å². The standard InChI is InChI=1S/C6H10O6/c7-2-6(3-8,5(11)12)1-4(9)10/h7-8H,1-3H2,(H,9,10)(H,11,12). The monoisotopic (exact) mass is 178 g/mol. The number of hydrogen-bond donors (Lipinski definition) is 4. The van der Waals surface area contributed by atoms with Gasteiger partial charge in [-0.05, 0) is 0 Å². The molecule has 6 nitrogen and oxygen atoms in total. The topological polar surface area (TPSA) is 115 Å². The van der Waals surface area contributed by atoms with Gasteiger partial charge in [-0.15, -0.1) is 0 Å². The maximum atomic E-state index is 10.4. The number of rotatable bonds is 5. The van der Waals surface area contributed by atoms with Crippen LogP contribution in [0.5, 0.6) is 0 Å². The lowest BCUT2D eigenvalue weighted by atomic mass is 9.86. The van der Waals surface area contributed by atoms with Crippen LogP contribution < -0.4 is 0 Å². The molecule has 0 spiro atoms. The minimum atomic E-state index is -1.97. The van der Waals surface area contributed by atoms with E-state index in [1.54, 1.807) is 0 Å². The van der Waals surface area contributed by atoms with Gasteiger partial charge in [0, 0.05) is 0 Å². The van der Waals surface area contributed by atoms with E-state index in [0.29, 0.717) is 0 Å². The number of carbonyl (C=O) groups is 2. The van der Waals surface area contributed by atoms with Crippen LogP contribution in [0.1, 0.15) is 6.42 Å². The molecule has 0 amide bonds. The van der Waals surface area contributed by atoms with Gasteiger partial charge in [0.1, 0.15) is 5.41 Å². The fraction of sp³-hybridized carbons (Fsp3) is 0.667. The first-order valence-corrected chi connectivity index (χ1v) is 3.15. The van der Waals surface area contributed by atoms with E-state index in [2.05, 4.69) is 0 Å². The molecule has 12 heavy (non-hydrogen) atoms. The van der Waals surface area contributed by atoms with Crippen LogP contribution in [-0.2, 0) is 9.59 Å². The molecule has 0 aliphatic carbocycles. The number of carboxylic acids is 2. The van der Waals surface area contributed by atoms with E-state index in [0.717, 1.165) is 0 Å². The van der Waals surface area contributed by atoms with E-state index in [1.807, 2.05) is 0 Å². The summed E-state index contributed by atoms with van der Waals surface area (Å²) >= 11 is 0. The first-order valence-electron chi connectivity index (χ1n) is 3.15. The Morgan fingerprint density at radius 1 is 1.08 bits per heavy atom. The third kappa shape index (κ3) is 2.18. The molecule has 0 atom stereocenters. The van der Waals surface area contributed by atoms with Crippen molar-refractivity contribution in [3.05, 3.63) is 0 Å². The summed E-state index contributed by atoms with van der Waals surface area (Å²) in [4.78, 5) is 20.6.